The summed E-state index contributed by atoms with van der Waals surface area (Å²) in [4.78, 5) is 13.1. The van der Waals surface area contributed by atoms with Crippen LogP contribution in [-0.4, -0.2) is 24.4 Å². The maximum absolute atomic E-state index is 13.1. The fourth-order valence-corrected chi connectivity index (χ4v) is 3.91. The molecule has 148 valence electrons. The minimum atomic E-state index is -0.225. The van der Waals surface area contributed by atoms with Crippen molar-refractivity contribution in [3.8, 4) is 11.1 Å². The minimum absolute atomic E-state index is 0.225. The van der Waals surface area contributed by atoms with Gasteiger partial charge in [-0.15, -0.1) is 10.2 Å². The molecule has 3 aromatic heterocycles. The smallest absolute Gasteiger partial charge is 0.280 e. The summed E-state index contributed by atoms with van der Waals surface area (Å²) in [5, 5.41) is 14.1. The second-order valence-electron chi connectivity index (χ2n) is 7.05. The zero-order chi connectivity index (χ0) is 20.7. The highest BCUT2D eigenvalue weighted by molar-refractivity contribution is 6.31. The predicted octanol–water partition coefficient (Wildman–Crippen LogP) is 4.37. The van der Waals surface area contributed by atoms with E-state index in [2.05, 4.69) is 17.1 Å². The van der Waals surface area contributed by atoms with Crippen LogP contribution in [-0.2, 0) is 13.0 Å². The van der Waals surface area contributed by atoms with Crippen LogP contribution in [0.4, 0.5) is 0 Å². The molecule has 0 radical (unpaired) electrons. The lowest BCUT2D eigenvalue weighted by Gasteiger charge is -2.09. The first-order valence-electron chi connectivity index (χ1n) is 9.73. The summed E-state index contributed by atoms with van der Waals surface area (Å²) in [6.07, 6.45) is 2.50. The molecule has 6 nitrogen and oxygen atoms in total. The van der Waals surface area contributed by atoms with Crippen molar-refractivity contribution in [2.75, 3.05) is 0 Å². The van der Waals surface area contributed by atoms with Gasteiger partial charge in [-0.05, 0) is 29.7 Å². The van der Waals surface area contributed by atoms with E-state index in [1.807, 2.05) is 60.7 Å². The summed E-state index contributed by atoms with van der Waals surface area (Å²) in [5.74, 6) is 0. The van der Waals surface area contributed by atoms with Gasteiger partial charge in [0.2, 0.25) is 0 Å². The van der Waals surface area contributed by atoms with Crippen molar-refractivity contribution >= 4 is 28.3 Å². The highest BCUT2D eigenvalue weighted by Gasteiger charge is 2.18. The standard InChI is InChI=1S/C23H18ClN5O/c1-2-18-20(15-8-4-3-5-9-15)22-26-25-21-19(29(22)27-18)12-13-28(23(21)30)14-16-10-6-7-11-17(16)24/h3-13H,2,14H2,1H3. The second kappa shape index (κ2) is 7.39. The number of nitrogens with zero attached hydrogens (tertiary/aromatic N) is 5. The van der Waals surface area contributed by atoms with E-state index >= 15 is 0 Å². The molecular weight excluding hydrogens is 398 g/mol. The number of rotatable bonds is 4. The molecule has 3 heterocycles. The van der Waals surface area contributed by atoms with Crippen molar-refractivity contribution in [2.24, 2.45) is 0 Å². The molecule has 30 heavy (non-hydrogen) atoms. The van der Waals surface area contributed by atoms with E-state index in [9.17, 15) is 4.79 Å². The first-order chi connectivity index (χ1) is 14.7. The molecule has 5 aromatic rings. The monoisotopic (exact) mass is 415 g/mol. The summed E-state index contributed by atoms with van der Waals surface area (Å²) in [6, 6.07) is 19.4. The predicted molar refractivity (Wildman–Crippen MR) is 118 cm³/mol. The van der Waals surface area contributed by atoms with E-state index in [-0.39, 0.29) is 11.1 Å². The summed E-state index contributed by atoms with van der Waals surface area (Å²) in [7, 11) is 0. The van der Waals surface area contributed by atoms with E-state index in [4.69, 9.17) is 16.7 Å². The second-order valence-corrected chi connectivity index (χ2v) is 7.46. The third-order valence-corrected chi connectivity index (χ3v) is 5.59. The fraction of sp³-hybridized carbons (Fsp3) is 0.130. The van der Waals surface area contributed by atoms with Gasteiger partial charge in [-0.25, -0.2) is 4.52 Å². The molecule has 0 amide bonds. The molecule has 0 unspecified atom stereocenters. The van der Waals surface area contributed by atoms with Crippen LogP contribution < -0.4 is 5.56 Å². The number of aromatic nitrogens is 5. The Bertz CT molecular complexity index is 1440. The Morgan fingerprint density at radius 2 is 1.73 bits per heavy atom. The first-order valence-corrected chi connectivity index (χ1v) is 10.1. The highest BCUT2D eigenvalue weighted by Crippen LogP contribution is 2.28. The van der Waals surface area contributed by atoms with Gasteiger partial charge in [-0.2, -0.15) is 5.10 Å². The summed E-state index contributed by atoms with van der Waals surface area (Å²) in [5.41, 5.74) is 5.11. The van der Waals surface area contributed by atoms with Crippen LogP contribution in [0, 0.1) is 0 Å². The zero-order valence-corrected chi connectivity index (χ0v) is 17.0. The molecule has 5 rings (SSSR count). The number of aryl methyl sites for hydroxylation is 1. The average molecular weight is 416 g/mol. The average Bonchev–Trinajstić information content (AvgIpc) is 3.16. The van der Waals surface area contributed by atoms with Gasteiger partial charge < -0.3 is 4.57 Å². The van der Waals surface area contributed by atoms with Gasteiger partial charge >= 0.3 is 0 Å². The van der Waals surface area contributed by atoms with Crippen molar-refractivity contribution in [2.45, 2.75) is 19.9 Å². The van der Waals surface area contributed by atoms with Crippen LogP contribution in [0.2, 0.25) is 5.02 Å². The summed E-state index contributed by atoms with van der Waals surface area (Å²) >= 11 is 6.26. The van der Waals surface area contributed by atoms with Gasteiger partial charge in [-0.1, -0.05) is 67.1 Å². The number of hydrogen-bond acceptors (Lipinski definition) is 4. The van der Waals surface area contributed by atoms with Crippen molar-refractivity contribution in [3.05, 3.63) is 93.5 Å². The van der Waals surface area contributed by atoms with Crippen molar-refractivity contribution < 1.29 is 0 Å². The van der Waals surface area contributed by atoms with Crippen molar-refractivity contribution in [1.82, 2.24) is 24.4 Å². The molecule has 0 N–H and O–H groups in total. The van der Waals surface area contributed by atoms with Gasteiger partial charge in [-0.3, -0.25) is 4.79 Å². The van der Waals surface area contributed by atoms with Gasteiger partial charge in [0.1, 0.15) is 5.52 Å². The lowest BCUT2D eigenvalue weighted by atomic mass is 10.0. The number of hydrogen-bond donors (Lipinski definition) is 0. The van der Waals surface area contributed by atoms with Crippen LogP contribution in [0.25, 0.3) is 27.8 Å². The van der Waals surface area contributed by atoms with Crippen molar-refractivity contribution in [1.29, 1.82) is 0 Å². The number of benzene rings is 2. The molecule has 0 fully saturated rings. The third kappa shape index (κ3) is 2.97. The van der Waals surface area contributed by atoms with Crippen LogP contribution in [0.3, 0.4) is 0 Å². The molecular formula is C23H18ClN5O. The number of halogens is 1. The molecule has 0 aliphatic heterocycles. The topological polar surface area (TPSA) is 65.1 Å². The van der Waals surface area contributed by atoms with E-state index in [0.717, 1.165) is 28.8 Å². The normalized spacial score (nSPS) is 11.4. The van der Waals surface area contributed by atoms with Crippen LogP contribution in [0.15, 0.2) is 71.7 Å². The first kappa shape index (κ1) is 18.5. The van der Waals surface area contributed by atoms with Crippen LogP contribution in [0.1, 0.15) is 18.2 Å². The quantitative estimate of drug-likeness (QED) is 0.437. The Hall–Kier alpha value is -3.51. The molecule has 0 bridgehead atoms. The van der Waals surface area contributed by atoms with Crippen LogP contribution in [0.5, 0.6) is 0 Å². The maximum atomic E-state index is 13.1. The molecule has 0 saturated carbocycles. The largest absolute Gasteiger partial charge is 0.309 e. The summed E-state index contributed by atoms with van der Waals surface area (Å²) < 4.78 is 3.32. The molecule has 0 atom stereocenters. The van der Waals surface area contributed by atoms with E-state index < -0.39 is 0 Å². The Morgan fingerprint density at radius 3 is 2.50 bits per heavy atom. The van der Waals surface area contributed by atoms with Crippen molar-refractivity contribution in [3.63, 3.8) is 0 Å². The SMILES string of the molecule is CCc1nn2c(nnc3c(=O)n(Cc4ccccc4Cl)ccc32)c1-c1ccccc1. The molecule has 0 aliphatic carbocycles. The maximum Gasteiger partial charge on any atom is 0.280 e. The Kier molecular flexibility index (Phi) is 4.56. The third-order valence-electron chi connectivity index (χ3n) is 5.22. The molecule has 0 saturated heterocycles. The lowest BCUT2D eigenvalue weighted by molar-refractivity contribution is 0.760. The van der Waals surface area contributed by atoms with Crippen LogP contribution >= 0.6 is 11.6 Å². The fourth-order valence-electron chi connectivity index (χ4n) is 3.71. The van der Waals surface area contributed by atoms with E-state index in [1.165, 1.54) is 0 Å². The van der Waals surface area contributed by atoms with Gasteiger partial charge in [0.25, 0.3) is 5.56 Å². The highest BCUT2D eigenvalue weighted by atomic mass is 35.5. The Balaban J connectivity index is 1.70. The minimum Gasteiger partial charge on any atom is -0.309 e. The molecule has 7 heteroatoms. The number of pyridine rings is 1. The van der Waals surface area contributed by atoms with E-state index in [1.54, 1.807) is 15.3 Å². The zero-order valence-electron chi connectivity index (χ0n) is 16.3. The Labute approximate surface area is 177 Å². The lowest BCUT2D eigenvalue weighted by Crippen LogP contribution is -2.22. The Morgan fingerprint density at radius 1 is 0.967 bits per heavy atom. The molecule has 0 spiro atoms. The van der Waals surface area contributed by atoms with E-state index in [0.29, 0.717) is 22.7 Å². The van der Waals surface area contributed by atoms with Gasteiger partial charge in [0.15, 0.2) is 11.2 Å². The van der Waals surface area contributed by atoms with Gasteiger partial charge in [0.05, 0.1) is 17.8 Å². The van der Waals surface area contributed by atoms with Gasteiger partial charge in [0, 0.05) is 11.2 Å². The molecule has 0 aliphatic rings. The summed E-state index contributed by atoms with van der Waals surface area (Å²) in [6.45, 7) is 2.42. The molecule has 2 aromatic carbocycles. The number of fused-ring (bicyclic) bond motifs is 3.